The van der Waals surface area contributed by atoms with E-state index in [9.17, 15) is 4.79 Å². The lowest BCUT2D eigenvalue weighted by Gasteiger charge is -2.45. The van der Waals surface area contributed by atoms with Gasteiger partial charge < -0.3 is 10.1 Å². The minimum absolute atomic E-state index is 0.0352. The lowest BCUT2D eigenvalue weighted by molar-refractivity contribution is -0.0838. The van der Waals surface area contributed by atoms with Crippen molar-refractivity contribution in [1.82, 2.24) is 10.3 Å². The highest BCUT2D eigenvalue weighted by Crippen LogP contribution is 2.43. The van der Waals surface area contributed by atoms with E-state index in [1.807, 2.05) is 6.07 Å². The fourth-order valence-electron chi connectivity index (χ4n) is 3.70. The molecule has 1 N–H and O–H groups in total. The molecule has 4 nitrogen and oxygen atoms in total. The van der Waals surface area contributed by atoms with E-state index in [1.165, 1.54) is 16.9 Å². The summed E-state index contributed by atoms with van der Waals surface area (Å²) >= 11 is 1.37. The van der Waals surface area contributed by atoms with Crippen LogP contribution in [0.2, 0.25) is 0 Å². The average molecular weight is 344 g/mol. The third kappa shape index (κ3) is 3.84. The number of hydrogen-bond acceptors (Lipinski definition) is 4. The second-order valence-electron chi connectivity index (χ2n) is 7.05. The topological polar surface area (TPSA) is 51.2 Å². The first-order valence-electron chi connectivity index (χ1n) is 8.37. The molecule has 0 aliphatic carbocycles. The SMILES string of the molecule is CC1(C)C[C@@](CCNC(=O)c2cncs2)(c2ccccc2)CCO1. The summed E-state index contributed by atoms with van der Waals surface area (Å²) in [6.07, 6.45) is 4.47. The number of thiazole rings is 1. The van der Waals surface area contributed by atoms with Crippen LogP contribution in [0.1, 0.15) is 48.3 Å². The van der Waals surface area contributed by atoms with Gasteiger partial charge in [-0.05, 0) is 38.7 Å². The van der Waals surface area contributed by atoms with Crippen LogP contribution in [0.15, 0.2) is 42.0 Å². The van der Waals surface area contributed by atoms with Crippen molar-refractivity contribution in [2.45, 2.75) is 44.1 Å². The van der Waals surface area contributed by atoms with Crippen molar-refractivity contribution in [3.63, 3.8) is 0 Å². The van der Waals surface area contributed by atoms with Crippen molar-refractivity contribution in [2.24, 2.45) is 0 Å². The molecule has 1 atom stereocenters. The van der Waals surface area contributed by atoms with E-state index in [0.717, 1.165) is 25.9 Å². The summed E-state index contributed by atoms with van der Waals surface area (Å²) in [6.45, 7) is 5.71. The van der Waals surface area contributed by atoms with Gasteiger partial charge in [0, 0.05) is 18.6 Å². The van der Waals surface area contributed by atoms with Crippen LogP contribution in [0, 0.1) is 0 Å². The van der Waals surface area contributed by atoms with E-state index >= 15 is 0 Å². The Labute approximate surface area is 147 Å². The minimum atomic E-state index is -0.143. The zero-order valence-electron chi connectivity index (χ0n) is 14.2. The number of carbonyl (C=O) groups excluding carboxylic acids is 1. The molecular weight excluding hydrogens is 320 g/mol. The van der Waals surface area contributed by atoms with Crippen LogP contribution in [0.4, 0.5) is 0 Å². The molecule has 0 saturated carbocycles. The summed E-state index contributed by atoms with van der Waals surface area (Å²) in [4.78, 5) is 16.8. The first kappa shape index (κ1) is 17.1. The first-order chi connectivity index (χ1) is 11.5. The fraction of sp³-hybridized carbons (Fsp3) is 0.474. The van der Waals surface area contributed by atoms with Gasteiger partial charge in [-0.15, -0.1) is 11.3 Å². The minimum Gasteiger partial charge on any atom is -0.376 e. The number of nitrogens with one attached hydrogen (secondary N) is 1. The van der Waals surface area contributed by atoms with E-state index < -0.39 is 0 Å². The molecule has 0 unspecified atom stereocenters. The van der Waals surface area contributed by atoms with Crippen LogP contribution in [-0.4, -0.2) is 29.6 Å². The number of carbonyl (C=O) groups is 1. The summed E-state index contributed by atoms with van der Waals surface area (Å²) in [5.41, 5.74) is 2.93. The maximum Gasteiger partial charge on any atom is 0.262 e. The number of rotatable bonds is 5. The van der Waals surface area contributed by atoms with Crippen molar-refractivity contribution >= 4 is 17.2 Å². The Morgan fingerprint density at radius 1 is 1.33 bits per heavy atom. The molecule has 1 aliphatic rings. The van der Waals surface area contributed by atoms with Crippen LogP contribution in [0.25, 0.3) is 0 Å². The highest BCUT2D eigenvalue weighted by Gasteiger charge is 2.41. The van der Waals surface area contributed by atoms with Gasteiger partial charge in [-0.3, -0.25) is 9.78 Å². The highest BCUT2D eigenvalue weighted by atomic mass is 32.1. The molecule has 5 heteroatoms. The Bertz CT molecular complexity index is 670. The Morgan fingerprint density at radius 3 is 2.79 bits per heavy atom. The van der Waals surface area contributed by atoms with Crippen LogP contribution in [-0.2, 0) is 10.2 Å². The lowest BCUT2D eigenvalue weighted by Crippen LogP contribution is -2.45. The van der Waals surface area contributed by atoms with Crippen LogP contribution in [0.5, 0.6) is 0 Å². The van der Waals surface area contributed by atoms with Crippen molar-refractivity contribution in [1.29, 1.82) is 0 Å². The summed E-state index contributed by atoms with van der Waals surface area (Å²) < 4.78 is 5.93. The van der Waals surface area contributed by atoms with Crippen LogP contribution < -0.4 is 5.32 Å². The molecule has 1 saturated heterocycles. The number of aromatic nitrogens is 1. The molecule has 1 fully saturated rings. The predicted octanol–water partition coefficient (Wildman–Crippen LogP) is 3.79. The zero-order chi connectivity index (χ0) is 17.0. The molecule has 0 bridgehead atoms. The van der Waals surface area contributed by atoms with Gasteiger partial charge >= 0.3 is 0 Å². The third-order valence-electron chi connectivity index (χ3n) is 4.77. The number of hydrogen-bond donors (Lipinski definition) is 1. The summed E-state index contributed by atoms with van der Waals surface area (Å²) in [7, 11) is 0. The maximum absolute atomic E-state index is 12.2. The van der Waals surface area contributed by atoms with E-state index in [2.05, 4.69) is 48.4 Å². The molecule has 2 aromatic rings. The number of amides is 1. The Kier molecular flexibility index (Phi) is 5.01. The quantitative estimate of drug-likeness (QED) is 0.898. The van der Waals surface area contributed by atoms with Gasteiger partial charge in [0.05, 0.1) is 17.3 Å². The van der Waals surface area contributed by atoms with E-state index in [0.29, 0.717) is 11.4 Å². The normalized spacial score (nSPS) is 22.9. The molecule has 3 rings (SSSR count). The molecule has 1 amide bonds. The summed E-state index contributed by atoms with van der Waals surface area (Å²) in [6, 6.07) is 10.6. The molecular formula is C19H24N2O2S. The van der Waals surface area contributed by atoms with E-state index in [4.69, 9.17) is 4.74 Å². The molecule has 1 aromatic heterocycles. The average Bonchev–Trinajstić information content (AvgIpc) is 3.09. The van der Waals surface area contributed by atoms with Gasteiger partial charge in [0.1, 0.15) is 4.88 Å². The Balaban J connectivity index is 1.72. The molecule has 1 aromatic carbocycles. The van der Waals surface area contributed by atoms with E-state index in [-0.39, 0.29) is 16.9 Å². The first-order valence-corrected chi connectivity index (χ1v) is 9.25. The molecule has 2 heterocycles. The van der Waals surface area contributed by atoms with Gasteiger partial charge in [0.15, 0.2) is 0 Å². The number of nitrogens with zero attached hydrogens (tertiary/aromatic N) is 1. The monoisotopic (exact) mass is 344 g/mol. The third-order valence-corrected chi connectivity index (χ3v) is 5.54. The Hall–Kier alpha value is -1.72. The summed E-state index contributed by atoms with van der Waals surface area (Å²) in [5, 5.41) is 3.04. The second-order valence-corrected chi connectivity index (χ2v) is 7.94. The largest absolute Gasteiger partial charge is 0.376 e. The van der Waals surface area contributed by atoms with Crippen molar-refractivity contribution in [2.75, 3.05) is 13.2 Å². The smallest absolute Gasteiger partial charge is 0.262 e. The molecule has 1 aliphatic heterocycles. The molecule has 0 spiro atoms. The molecule has 0 radical (unpaired) electrons. The second kappa shape index (κ2) is 7.03. The van der Waals surface area contributed by atoms with E-state index in [1.54, 1.807) is 11.7 Å². The van der Waals surface area contributed by atoms with Crippen molar-refractivity contribution < 1.29 is 9.53 Å². The molecule has 24 heavy (non-hydrogen) atoms. The Morgan fingerprint density at radius 2 is 2.12 bits per heavy atom. The van der Waals surface area contributed by atoms with Gasteiger partial charge in [-0.1, -0.05) is 30.3 Å². The predicted molar refractivity (Wildman–Crippen MR) is 96.4 cm³/mol. The fourth-order valence-corrected chi connectivity index (χ4v) is 4.24. The standard InChI is InChI=1S/C19H24N2O2S/c1-18(2)13-19(9-11-23-18,15-6-4-3-5-7-15)8-10-21-17(22)16-12-20-14-24-16/h3-7,12,14H,8-11,13H2,1-2H3,(H,21,22)/t19-/m0/s1. The van der Waals surface area contributed by atoms with Gasteiger partial charge in [-0.2, -0.15) is 0 Å². The summed E-state index contributed by atoms with van der Waals surface area (Å²) in [5.74, 6) is -0.0352. The van der Waals surface area contributed by atoms with Crippen LogP contribution >= 0.6 is 11.3 Å². The van der Waals surface area contributed by atoms with Crippen molar-refractivity contribution in [3.8, 4) is 0 Å². The number of benzene rings is 1. The molecule has 128 valence electrons. The number of ether oxygens (including phenoxy) is 1. The lowest BCUT2D eigenvalue weighted by atomic mass is 9.67. The van der Waals surface area contributed by atoms with Crippen molar-refractivity contribution in [3.05, 3.63) is 52.5 Å². The van der Waals surface area contributed by atoms with Gasteiger partial charge in [-0.25, -0.2) is 0 Å². The maximum atomic E-state index is 12.2. The van der Waals surface area contributed by atoms with Crippen LogP contribution in [0.3, 0.4) is 0 Å². The zero-order valence-corrected chi connectivity index (χ0v) is 15.1. The highest BCUT2D eigenvalue weighted by molar-refractivity contribution is 7.11. The van der Waals surface area contributed by atoms with Gasteiger partial charge in [0.25, 0.3) is 5.91 Å². The van der Waals surface area contributed by atoms with Gasteiger partial charge in [0.2, 0.25) is 0 Å².